The average molecular weight is 282 g/mol. The molecule has 19 heavy (non-hydrogen) atoms. The molecule has 0 radical (unpaired) electrons. The van der Waals surface area contributed by atoms with E-state index < -0.39 is 5.97 Å². The minimum Gasteiger partial charge on any atom is -0.478 e. The van der Waals surface area contributed by atoms with Gasteiger partial charge in [-0.3, -0.25) is 5.32 Å². The summed E-state index contributed by atoms with van der Waals surface area (Å²) < 4.78 is 0. The average Bonchev–Trinajstić information content (AvgIpc) is 2.60. The highest BCUT2D eigenvalue weighted by molar-refractivity contribution is 7.16. The van der Waals surface area contributed by atoms with Crippen molar-refractivity contribution in [1.82, 2.24) is 5.32 Å². The molecule has 0 fully saturated rings. The predicted molar refractivity (Wildman–Crippen MR) is 77.2 cm³/mol. The van der Waals surface area contributed by atoms with Crippen molar-refractivity contribution in [3.8, 4) is 0 Å². The van der Waals surface area contributed by atoms with Crippen LogP contribution in [0, 0.1) is 13.8 Å². The largest absolute Gasteiger partial charge is 0.478 e. The van der Waals surface area contributed by atoms with Gasteiger partial charge in [0.05, 0.1) is 5.56 Å². The lowest BCUT2D eigenvalue weighted by Gasteiger charge is -2.06. The number of carbonyl (C=O) groups is 2. The Bertz CT molecular complexity index is 506. The predicted octanol–water partition coefficient (Wildman–Crippen LogP) is 3.15. The van der Waals surface area contributed by atoms with Gasteiger partial charge in [-0.2, -0.15) is 0 Å². The molecular formula is C13H18N2O3S. The number of nitrogens with one attached hydrogen (secondary N) is 2. The Morgan fingerprint density at radius 1 is 1.37 bits per heavy atom. The molecule has 5 nitrogen and oxygen atoms in total. The van der Waals surface area contributed by atoms with Crippen LogP contribution in [0.1, 0.15) is 34.1 Å². The number of rotatable bonds is 5. The molecule has 0 aliphatic carbocycles. The fraction of sp³-hybridized carbons (Fsp3) is 0.385. The number of carboxylic acids is 1. The second-order valence-electron chi connectivity index (χ2n) is 4.03. The van der Waals surface area contributed by atoms with Gasteiger partial charge in [0.15, 0.2) is 0 Å². The monoisotopic (exact) mass is 282 g/mol. The van der Waals surface area contributed by atoms with Crippen LogP contribution >= 0.6 is 11.3 Å². The zero-order chi connectivity index (χ0) is 14.4. The number of amides is 2. The third-order valence-corrected chi connectivity index (χ3v) is 3.78. The summed E-state index contributed by atoms with van der Waals surface area (Å²) in [6.07, 6.45) is 4.61. The highest BCUT2D eigenvalue weighted by atomic mass is 32.1. The fourth-order valence-electron chi connectivity index (χ4n) is 1.56. The second-order valence-corrected chi connectivity index (χ2v) is 5.26. The van der Waals surface area contributed by atoms with Crippen molar-refractivity contribution in [3.63, 3.8) is 0 Å². The van der Waals surface area contributed by atoms with Crippen LogP contribution in [-0.2, 0) is 0 Å². The van der Waals surface area contributed by atoms with E-state index in [9.17, 15) is 9.59 Å². The summed E-state index contributed by atoms with van der Waals surface area (Å²) in [6, 6.07) is -0.381. The number of allylic oxidation sites excluding steroid dienone is 1. The number of hydrogen-bond acceptors (Lipinski definition) is 3. The lowest BCUT2D eigenvalue weighted by atomic mass is 10.1. The third-order valence-electron chi connectivity index (χ3n) is 2.66. The standard InChI is InChI=1S/C13H18N2O3S/c1-4-5-6-7-14-13(18)15-11-10(12(16)17)8(2)9(3)19-11/h4-5H,6-7H2,1-3H3,(H,16,17)(H2,14,15,18)/b5-4+. The van der Waals surface area contributed by atoms with Crippen molar-refractivity contribution in [2.45, 2.75) is 27.2 Å². The van der Waals surface area contributed by atoms with E-state index in [1.165, 1.54) is 11.3 Å². The molecule has 0 spiro atoms. The van der Waals surface area contributed by atoms with Gasteiger partial charge in [0.1, 0.15) is 5.00 Å². The minimum absolute atomic E-state index is 0.172. The molecule has 0 unspecified atom stereocenters. The number of aryl methyl sites for hydroxylation is 1. The summed E-state index contributed by atoms with van der Waals surface area (Å²) in [7, 11) is 0. The van der Waals surface area contributed by atoms with Crippen LogP contribution in [0.4, 0.5) is 9.80 Å². The van der Waals surface area contributed by atoms with E-state index in [1.54, 1.807) is 6.92 Å². The van der Waals surface area contributed by atoms with Gasteiger partial charge in [0, 0.05) is 11.4 Å². The van der Waals surface area contributed by atoms with E-state index in [4.69, 9.17) is 5.11 Å². The molecule has 1 heterocycles. The normalized spacial score (nSPS) is 10.7. The van der Waals surface area contributed by atoms with Crippen molar-refractivity contribution in [2.75, 3.05) is 11.9 Å². The summed E-state index contributed by atoms with van der Waals surface area (Å²) in [6.45, 7) is 6.00. The fourth-order valence-corrected chi connectivity index (χ4v) is 2.60. The van der Waals surface area contributed by atoms with Gasteiger partial charge in [-0.1, -0.05) is 12.2 Å². The van der Waals surface area contributed by atoms with E-state index in [-0.39, 0.29) is 11.6 Å². The van der Waals surface area contributed by atoms with E-state index in [0.29, 0.717) is 17.1 Å². The molecule has 0 saturated carbocycles. The van der Waals surface area contributed by atoms with E-state index in [0.717, 1.165) is 11.3 Å². The SMILES string of the molecule is C/C=C/CCNC(=O)Nc1sc(C)c(C)c1C(=O)O. The van der Waals surface area contributed by atoms with E-state index in [1.807, 2.05) is 26.0 Å². The van der Waals surface area contributed by atoms with Crippen LogP contribution in [-0.4, -0.2) is 23.7 Å². The summed E-state index contributed by atoms with van der Waals surface area (Å²) in [5.74, 6) is -1.02. The van der Waals surface area contributed by atoms with Crippen molar-refractivity contribution in [2.24, 2.45) is 0 Å². The Morgan fingerprint density at radius 3 is 2.63 bits per heavy atom. The van der Waals surface area contributed by atoms with Gasteiger partial charge in [-0.25, -0.2) is 9.59 Å². The van der Waals surface area contributed by atoms with E-state index in [2.05, 4.69) is 10.6 Å². The number of aromatic carboxylic acids is 1. The van der Waals surface area contributed by atoms with Crippen LogP contribution in [0.15, 0.2) is 12.2 Å². The molecule has 6 heteroatoms. The molecule has 0 saturated heterocycles. The summed E-state index contributed by atoms with van der Waals surface area (Å²) in [5, 5.41) is 14.8. The molecule has 104 valence electrons. The van der Waals surface area contributed by atoms with Crippen molar-refractivity contribution >= 4 is 28.3 Å². The topological polar surface area (TPSA) is 78.4 Å². The van der Waals surface area contributed by atoms with Crippen LogP contribution in [0.2, 0.25) is 0 Å². The van der Waals surface area contributed by atoms with Gasteiger partial charge in [-0.05, 0) is 32.8 Å². The van der Waals surface area contributed by atoms with Gasteiger partial charge in [0.25, 0.3) is 0 Å². The number of thiophene rings is 1. The van der Waals surface area contributed by atoms with Crippen LogP contribution in [0.5, 0.6) is 0 Å². The molecule has 1 rings (SSSR count). The molecular weight excluding hydrogens is 264 g/mol. The Morgan fingerprint density at radius 2 is 2.05 bits per heavy atom. The number of urea groups is 1. The smallest absolute Gasteiger partial charge is 0.338 e. The molecule has 1 aromatic heterocycles. The maximum Gasteiger partial charge on any atom is 0.338 e. The first-order valence-electron chi connectivity index (χ1n) is 5.96. The zero-order valence-corrected chi connectivity index (χ0v) is 12.1. The van der Waals surface area contributed by atoms with Crippen molar-refractivity contribution in [3.05, 3.63) is 28.2 Å². The van der Waals surface area contributed by atoms with Crippen LogP contribution in [0.25, 0.3) is 0 Å². The molecule has 0 aliphatic heterocycles. The number of hydrogen-bond donors (Lipinski definition) is 3. The highest BCUT2D eigenvalue weighted by Gasteiger charge is 2.19. The lowest BCUT2D eigenvalue weighted by molar-refractivity contribution is 0.0697. The number of carboxylic acid groups (broad SMARTS) is 1. The van der Waals surface area contributed by atoms with Gasteiger partial charge in [0.2, 0.25) is 0 Å². The van der Waals surface area contributed by atoms with Crippen LogP contribution in [0.3, 0.4) is 0 Å². The first-order chi connectivity index (χ1) is 8.97. The minimum atomic E-state index is -1.02. The maximum atomic E-state index is 11.6. The molecule has 0 aliphatic rings. The molecule has 0 aromatic carbocycles. The summed E-state index contributed by atoms with van der Waals surface area (Å²) >= 11 is 1.27. The maximum absolute atomic E-state index is 11.6. The van der Waals surface area contributed by atoms with Crippen molar-refractivity contribution < 1.29 is 14.7 Å². The first-order valence-corrected chi connectivity index (χ1v) is 6.78. The van der Waals surface area contributed by atoms with E-state index >= 15 is 0 Å². The number of anilines is 1. The molecule has 0 bridgehead atoms. The van der Waals surface area contributed by atoms with Crippen LogP contribution < -0.4 is 10.6 Å². The van der Waals surface area contributed by atoms with Gasteiger partial charge in [-0.15, -0.1) is 11.3 Å². The quantitative estimate of drug-likeness (QED) is 0.573. The lowest BCUT2D eigenvalue weighted by Crippen LogP contribution is -2.29. The first kappa shape index (κ1) is 15.2. The Kier molecular flexibility index (Phi) is 5.57. The molecule has 1 aromatic rings. The van der Waals surface area contributed by atoms with Gasteiger partial charge < -0.3 is 10.4 Å². The highest BCUT2D eigenvalue weighted by Crippen LogP contribution is 2.32. The number of carbonyl (C=O) groups excluding carboxylic acids is 1. The third kappa shape index (κ3) is 4.10. The van der Waals surface area contributed by atoms with Crippen molar-refractivity contribution in [1.29, 1.82) is 0 Å². The Balaban J connectivity index is 2.69. The Labute approximate surface area is 116 Å². The summed E-state index contributed by atoms with van der Waals surface area (Å²) in [5.41, 5.74) is 0.868. The molecule has 0 atom stereocenters. The zero-order valence-electron chi connectivity index (χ0n) is 11.2. The Hall–Kier alpha value is -1.82. The summed E-state index contributed by atoms with van der Waals surface area (Å²) in [4.78, 5) is 23.7. The molecule has 3 N–H and O–H groups in total. The second kappa shape index (κ2) is 6.94. The molecule has 2 amide bonds. The van der Waals surface area contributed by atoms with Gasteiger partial charge >= 0.3 is 12.0 Å².